The summed E-state index contributed by atoms with van der Waals surface area (Å²) in [5.74, 6) is 0.698. The van der Waals surface area contributed by atoms with E-state index in [9.17, 15) is 9.59 Å². The average Bonchev–Trinajstić information content (AvgIpc) is 3.56. The Morgan fingerprint density at radius 1 is 0.875 bits per heavy atom. The van der Waals surface area contributed by atoms with Crippen LogP contribution in [0.3, 0.4) is 0 Å². The van der Waals surface area contributed by atoms with Crippen molar-refractivity contribution in [3.63, 3.8) is 0 Å². The number of hydrogen-bond acceptors (Lipinski definition) is 5. The van der Waals surface area contributed by atoms with Gasteiger partial charge in [0.2, 0.25) is 0 Å². The first-order chi connectivity index (χ1) is 19.4. The second-order valence-electron chi connectivity index (χ2n) is 10.6. The van der Waals surface area contributed by atoms with Crippen LogP contribution in [0.15, 0.2) is 108 Å². The van der Waals surface area contributed by atoms with Gasteiger partial charge in [-0.1, -0.05) is 105 Å². The van der Waals surface area contributed by atoms with Crippen molar-refractivity contribution in [3.8, 4) is 0 Å². The number of aryl methyl sites for hydroxylation is 1. The van der Waals surface area contributed by atoms with Crippen molar-refractivity contribution in [2.45, 2.75) is 50.1 Å². The van der Waals surface area contributed by atoms with E-state index in [-0.39, 0.29) is 41.5 Å². The molecule has 3 aromatic carbocycles. The summed E-state index contributed by atoms with van der Waals surface area (Å²) < 4.78 is 12.2. The Kier molecular flexibility index (Phi) is 8.17. The Balaban J connectivity index is 1.64. The largest absolute Gasteiger partial charge is 0.458 e. The molecule has 5 nitrogen and oxygen atoms in total. The van der Waals surface area contributed by atoms with E-state index in [1.165, 1.54) is 0 Å². The lowest BCUT2D eigenvalue weighted by molar-refractivity contribution is 0.0538. The molecule has 0 bridgehead atoms. The van der Waals surface area contributed by atoms with E-state index >= 15 is 0 Å². The van der Waals surface area contributed by atoms with Gasteiger partial charge in [-0.05, 0) is 36.8 Å². The quantitative estimate of drug-likeness (QED) is 0.186. The van der Waals surface area contributed by atoms with Crippen molar-refractivity contribution in [3.05, 3.63) is 131 Å². The number of ketones is 1. The number of nitrogens with zero attached hydrogens (tertiary/aromatic N) is 1. The average molecular weight is 554 g/mol. The number of hydrogen-bond donors (Lipinski definition) is 0. The molecule has 1 saturated heterocycles. The number of carbonyl (C=O) groups excluding carboxylic acids is 2. The molecule has 0 radical (unpaired) electrons. The predicted octanol–water partition coefficient (Wildman–Crippen LogP) is 8.05. The highest BCUT2D eigenvalue weighted by Gasteiger charge is 2.59. The monoisotopic (exact) mass is 553 g/mol. The van der Waals surface area contributed by atoms with Crippen molar-refractivity contribution in [1.82, 2.24) is 4.90 Å². The van der Waals surface area contributed by atoms with Gasteiger partial charge in [-0.25, -0.2) is 4.79 Å². The Morgan fingerprint density at radius 2 is 1.43 bits per heavy atom. The lowest BCUT2D eigenvalue weighted by Crippen LogP contribution is -2.52. The van der Waals surface area contributed by atoms with Gasteiger partial charge in [0.05, 0.1) is 11.4 Å². The number of rotatable bonds is 10. The summed E-state index contributed by atoms with van der Waals surface area (Å²) in [4.78, 5) is 29.5. The molecule has 0 N–H and O–H groups in total. The van der Waals surface area contributed by atoms with E-state index in [0.717, 1.165) is 16.7 Å². The minimum absolute atomic E-state index is 0.0429. The third-order valence-corrected chi connectivity index (χ3v) is 8.76. The van der Waals surface area contributed by atoms with E-state index < -0.39 is 5.60 Å². The number of carbonyl (C=O) groups is 2. The van der Waals surface area contributed by atoms with Gasteiger partial charge in [-0.3, -0.25) is 9.69 Å². The molecular formula is C34H35NO4S. The number of amides is 1. The zero-order valence-electron chi connectivity index (χ0n) is 23.3. The standard InChI is InChI=1S/C34H35NO4S/c1-23(2)31-34(26-16-10-6-11-17-26,27-18-12-7-13-19-27)39-33(37)35(31)32(40-4)28(25-14-8-5-9-15-25)22-29(36)30-21-20-24(3)38-30/h5-21,23,28,31-32H,22H2,1-4H3/t28-,31+,32+/m1/s1. The van der Waals surface area contributed by atoms with Crippen LogP contribution in [0, 0.1) is 12.8 Å². The number of cyclic esters (lactones) is 1. The number of thioether (sulfide) groups is 1. The van der Waals surface area contributed by atoms with Crippen LogP contribution >= 0.6 is 11.8 Å². The Bertz CT molecular complexity index is 1400. The smallest absolute Gasteiger partial charge is 0.412 e. The molecule has 0 aliphatic carbocycles. The minimum Gasteiger partial charge on any atom is -0.458 e. The van der Waals surface area contributed by atoms with Crippen LogP contribution in [0.5, 0.6) is 0 Å². The number of benzene rings is 3. The highest BCUT2D eigenvalue weighted by molar-refractivity contribution is 7.99. The summed E-state index contributed by atoms with van der Waals surface area (Å²) in [5, 5.41) is -0.364. The zero-order chi connectivity index (χ0) is 28.3. The van der Waals surface area contributed by atoms with Crippen molar-refractivity contribution in [2.24, 2.45) is 5.92 Å². The highest BCUT2D eigenvalue weighted by atomic mass is 32.2. The Labute approximate surface area is 240 Å². The van der Waals surface area contributed by atoms with Crippen LogP contribution in [0.4, 0.5) is 4.79 Å². The molecule has 0 saturated carbocycles. The molecule has 1 aliphatic rings. The first kappa shape index (κ1) is 27.8. The molecule has 5 rings (SSSR count). The normalized spacial score (nSPS) is 18.0. The van der Waals surface area contributed by atoms with E-state index in [0.29, 0.717) is 11.5 Å². The molecule has 4 aromatic rings. The molecule has 0 spiro atoms. The predicted molar refractivity (Wildman–Crippen MR) is 159 cm³/mol. The summed E-state index contributed by atoms with van der Waals surface area (Å²) in [7, 11) is 0. The van der Waals surface area contributed by atoms with Crippen LogP contribution in [0.25, 0.3) is 0 Å². The first-order valence-corrected chi connectivity index (χ1v) is 14.9. The van der Waals surface area contributed by atoms with Crippen LogP contribution in [-0.2, 0) is 10.3 Å². The molecule has 6 heteroatoms. The van der Waals surface area contributed by atoms with Gasteiger partial charge < -0.3 is 9.15 Å². The van der Waals surface area contributed by atoms with Crippen LogP contribution in [0.1, 0.15) is 59.2 Å². The number of furan rings is 1. The fourth-order valence-corrected chi connectivity index (χ4v) is 7.08. The van der Waals surface area contributed by atoms with E-state index in [1.54, 1.807) is 23.9 Å². The van der Waals surface area contributed by atoms with E-state index in [2.05, 4.69) is 13.8 Å². The van der Waals surface area contributed by atoms with Gasteiger partial charge >= 0.3 is 6.09 Å². The maximum atomic E-state index is 14.1. The second kappa shape index (κ2) is 11.8. The molecular weight excluding hydrogens is 518 g/mol. The van der Waals surface area contributed by atoms with Crippen molar-refractivity contribution < 1.29 is 18.7 Å². The maximum absolute atomic E-state index is 14.1. The van der Waals surface area contributed by atoms with Crippen molar-refractivity contribution in [1.29, 1.82) is 0 Å². The Morgan fingerprint density at radius 3 is 1.90 bits per heavy atom. The summed E-state index contributed by atoms with van der Waals surface area (Å²) in [6.07, 6.45) is 1.81. The highest BCUT2D eigenvalue weighted by Crippen LogP contribution is 2.50. The van der Waals surface area contributed by atoms with Gasteiger partial charge in [0, 0.05) is 23.5 Å². The molecule has 1 fully saturated rings. The first-order valence-electron chi connectivity index (χ1n) is 13.7. The lowest BCUT2D eigenvalue weighted by atomic mass is 9.75. The van der Waals surface area contributed by atoms with Crippen LogP contribution in [0.2, 0.25) is 0 Å². The van der Waals surface area contributed by atoms with E-state index in [4.69, 9.17) is 9.15 Å². The number of Topliss-reactive ketones (excluding diaryl/α,β-unsaturated/α-hetero) is 1. The molecule has 2 heterocycles. The topological polar surface area (TPSA) is 59.8 Å². The SMILES string of the molecule is CS[C@@H]([C@H](CC(=O)c1ccc(C)o1)c1ccccc1)N1C(=O)OC(c2ccccc2)(c2ccccc2)[C@@H]1C(C)C. The zero-order valence-corrected chi connectivity index (χ0v) is 24.1. The van der Waals surface area contributed by atoms with Crippen LogP contribution < -0.4 is 0 Å². The Hall–Kier alpha value is -3.77. The van der Waals surface area contributed by atoms with Gasteiger partial charge in [0.1, 0.15) is 5.76 Å². The van der Waals surface area contributed by atoms with Gasteiger partial charge in [-0.2, -0.15) is 0 Å². The fraction of sp³-hybridized carbons (Fsp3) is 0.294. The van der Waals surface area contributed by atoms with Gasteiger partial charge in [0.15, 0.2) is 17.1 Å². The molecule has 1 aromatic heterocycles. The van der Waals surface area contributed by atoms with Crippen LogP contribution in [-0.4, -0.2) is 34.4 Å². The molecule has 3 atom stereocenters. The molecule has 1 amide bonds. The second-order valence-corrected chi connectivity index (χ2v) is 11.6. The molecule has 206 valence electrons. The fourth-order valence-electron chi connectivity index (χ4n) is 6.05. The van der Waals surface area contributed by atoms with Gasteiger partial charge in [-0.15, -0.1) is 11.8 Å². The summed E-state index contributed by atoms with van der Waals surface area (Å²) in [6.45, 7) is 6.09. The van der Waals surface area contributed by atoms with Crippen molar-refractivity contribution >= 4 is 23.6 Å². The van der Waals surface area contributed by atoms with Crippen molar-refractivity contribution in [2.75, 3.05) is 6.26 Å². The summed E-state index contributed by atoms with van der Waals surface area (Å²) >= 11 is 1.57. The lowest BCUT2D eigenvalue weighted by Gasteiger charge is -2.42. The molecule has 1 aliphatic heterocycles. The third kappa shape index (κ3) is 5.08. The third-order valence-electron chi connectivity index (χ3n) is 7.72. The summed E-state index contributed by atoms with van der Waals surface area (Å²) in [5.41, 5.74) is 1.83. The summed E-state index contributed by atoms with van der Waals surface area (Å²) in [6, 6.07) is 33.2. The molecule has 0 unspecified atom stereocenters. The maximum Gasteiger partial charge on any atom is 0.412 e. The van der Waals surface area contributed by atoms with E-state index in [1.807, 2.05) is 109 Å². The minimum atomic E-state index is -1.01. The molecule has 40 heavy (non-hydrogen) atoms. The van der Waals surface area contributed by atoms with Gasteiger partial charge in [0.25, 0.3) is 0 Å². The number of ether oxygens (including phenoxy) is 1.